The number of thiophene rings is 1. The monoisotopic (exact) mass is 412 g/mol. The highest BCUT2D eigenvalue weighted by molar-refractivity contribution is 7.10. The van der Waals surface area contributed by atoms with Crippen LogP contribution in [0.4, 0.5) is 5.69 Å². The van der Waals surface area contributed by atoms with Gasteiger partial charge in [-0.15, -0.1) is 11.3 Å². The van der Waals surface area contributed by atoms with E-state index in [1.54, 1.807) is 31.2 Å². The van der Waals surface area contributed by atoms with Crippen LogP contribution in [-0.2, 0) is 19.1 Å². The number of hydrogen-bond donors (Lipinski definition) is 1. The second-order valence-corrected chi connectivity index (χ2v) is 8.41. The Labute approximate surface area is 173 Å². The van der Waals surface area contributed by atoms with E-state index in [0.717, 1.165) is 4.88 Å². The van der Waals surface area contributed by atoms with E-state index in [1.165, 1.54) is 16.2 Å². The predicted molar refractivity (Wildman–Crippen MR) is 110 cm³/mol. The zero-order valence-corrected chi connectivity index (χ0v) is 17.3. The third kappa shape index (κ3) is 3.00. The van der Waals surface area contributed by atoms with Crippen molar-refractivity contribution in [1.82, 2.24) is 5.32 Å². The maximum Gasteiger partial charge on any atom is 0.327 e. The quantitative estimate of drug-likeness (QED) is 0.582. The highest BCUT2D eigenvalue weighted by Crippen LogP contribution is 2.52. The molecule has 1 N–H and O–H groups in total. The first-order chi connectivity index (χ1) is 14.0. The maximum atomic E-state index is 13.6. The molecule has 2 fully saturated rings. The van der Waals surface area contributed by atoms with Gasteiger partial charge in [-0.2, -0.15) is 0 Å². The Hall–Kier alpha value is -2.51. The summed E-state index contributed by atoms with van der Waals surface area (Å²) < 4.78 is 5.40. The molecule has 2 aliphatic heterocycles. The summed E-state index contributed by atoms with van der Waals surface area (Å²) in [6, 6.07) is 12.4. The van der Waals surface area contributed by atoms with Crippen molar-refractivity contribution < 1.29 is 19.1 Å². The summed E-state index contributed by atoms with van der Waals surface area (Å²) in [5, 5.41) is 5.33. The van der Waals surface area contributed by atoms with Gasteiger partial charge in [0.2, 0.25) is 11.8 Å². The fourth-order valence-electron chi connectivity index (χ4n) is 4.72. The maximum absolute atomic E-state index is 13.6. The molecule has 0 aliphatic carbocycles. The normalized spacial score (nSPS) is 28.6. The highest BCUT2D eigenvalue weighted by atomic mass is 32.1. The number of fused-ring (bicyclic) bond motifs is 1. The zero-order valence-electron chi connectivity index (χ0n) is 16.5. The second kappa shape index (κ2) is 7.72. The molecule has 0 saturated carbocycles. The molecule has 29 heavy (non-hydrogen) atoms. The molecule has 0 unspecified atom stereocenters. The molecule has 2 saturated heterocycles. The number of nitrogens with one attached hydrogen (secondary N) is 1. The number of esters is 1. The molecule has 2 aliphatic rings. The van der Waals surface area contributed by atoms with Crippen LogP contribution in [0.25, 0.3) is 0 Å². The van der Waals surface area contributed by atoms with Crippen LogP contribution < -0.4 is 10.2 Å². The molecule has 0 spiro atoms. The zero-order chi connectivity index (χ0) is 20.6. The topological polar surface area (TPSA) is 75.7 Å². The van der Waals surface area contributed by atoms with Crippen LogP contribution in [0.5, 0.6) is 0 Å². The smallest absolute Gasteiger partial charge is 0.327 e. The van der Waals surface area contributed by atoms with E-state index in [4.69, 9.17) is 4.74 Å². The molecule has 7 heteroatoms. The van der Waals surface area contributed by atoms with E-state index in [9.17, 15) is 14.4 Å². The first-order valence-corrected chi connectivity index (χ1v) is 10.8. The highest BCUT2D eigenvalue weighted by Gasteiger charge is 2.68. The Balaban J connectivity index is 1.84. The molecule has 4 rings (SSSR count). The molecule has 0 bridgehead atoms. The summed E-state index contributed by atoms with van der Waals surface area (Å²) in [5.74, 6) is -2.48. The van der Waals surface area contributed by atoms with Crippen LogP contribution in [0.2, 0.25) is 0 Å². The van der Waals surface area contributed by atoms with Crippen LogP contribution in [0.15, 0.2) is 47.8 Å². The minimum absolute atomic E-state index is 0.220. The van der Waals surface area contributed by atoms with Crippen molar-refractivity contribution in [3.05, 3.63) is 52.7 Å². The van der Waals surface area contributed by atoms with Crippen molar-refractivity contribution in [2.24, 2.45) is 11.8 Å². The van der Waals surface area contributed by atoms with Gasteiger partial charge in [-0.3, -0.25) is 19.7 Å². The van der Waals surface area contributed by atoms with Gasteiger partial charge < -0.3 is 4.74 Å². The van der Waals surface area contributed by atoms with Gasteiger partial charge in [-0.25, -0.2) is 4.90 Å². The van der Waals surface area contributed by atoms with Gasteiger partial charge in [0.05, 0.1) is 30.2 Å². The van der Waals surface area contributed by atoms with Gasteiger partial charge in [-0.1, -0.05) is 37.6 Å². The van der Waals surface area contributed by atoms with Crippen LogP contribution in [0, 0.1) is 11.8 Å². The lowest BCUT2D eigenvalue weighted by atomic mass is 9.77. The molecule has 3 heterocycles. The SMILES string of the molecule is CCC[C@]1(C(=O)OCC)N[C@H](c2cccs2)[C@@H]2C(=O)N(c3ccccc3)C(=O)[C@H]21. The number of amides is 2. The number of nitrogens with zero attached hydrogens (tertiary/aromatic N) is 1. The van der Waals surface area contributed by atoms with Crippen molar-refractivity contribution in [2.45, 2.75) is 38.3 Å². The molecule has 1 aromatic carbocycles. The van der Waals surface area contributed by atoms with Gasteiger partial charge in [0.25, 0.3) is 0 Å². The third-order valence-corrected chi connectivity index (χ3v) is 6.76. The molecule has 2 aromatic rings. The third-order valence-electron chi connectivity index (χ3n) is 5.80. The van der Waals surface area contributed by atoms with Crippen LogP contribution in [-0.4, -0.2) is 29.9 Å². The number of ether oxygens (including phenoxy) is 1. The summed E-state index contributed by atoms with van der Waals surface area (Å²) in [6.45, 7) is 3.93. The molecule has 4 atom stereocenters. The average molecular weight is 413 g/mol. The lowest BCUT2D eigenvalue weighted by Gasteiger charge is -2.32. The summed E-state index contributed by atoms with van der Waals surface area (Å²) in [4.78, 5) is 42.4. The largest absolute Gasteiger partial charge is 0.465 e. The molecule has 0 radical (unpaired) electrons. The molecule has 2 amide bonds. The Bertz CT molecular complexity index is 914. The van der Waals surface area contributed by atoms with Crippen molar-refractivity contribution >= 4 is 34.8 Å². The summed E-state index contributed by atoms with van der Waals surface area (Å²) in [7, 11) is 0. The lowest BCUT2D eigenvalue weighted by molar-refractivity contribution is -0.155. The standard InChI is InChI=1S/C22H24N2O4S/c1-3-12-22(21(27)28-4-2)17-16(18(23-22)15-11-8-13-29-15)19(25)24(20(17)26)14-9-6-5-7-10-14/h5-11,13,16-18,23H,3-4,12H2,1-2H3/t16-,17+,18-,22+/m1/s1. The van der Waals surface area contributed by atoms with E-state index in [2.05, 4.69) is 5.32 Å². The Morgan fingerprint density at radius 1 is 1.14 bits per heavy atom. The van der Waals surface area contributed by atoms with Crippen molar-refractivity contribution in [3.63, 3.8) is 0 Å². The van der Waals surface area contributed by atoms with Crippen molar-refractivity contribution in [3.8, 4) is 0 Å². The van der Waals surface area contributed by atoms with E-state index in [-0.39, 0.29) is 18.4 Å². The van der Waals surface area contributed by atoms with Gasteiger partial charge in [0, 0.05) is 4.88 Å². The van der Waals surface area contributed by atoms with Crippen molar-refractivity contribution in [1.29, 1.82) is 0 Å². The van der Waals surface area contributed by atoms with E-state index in [0.29, 0.717) is 18.5 Å². The molecule has 152 valence electrons. The Morgan fingerprint density at radius 2 is 1.90 bits per heavy atom. The van der Waals surface area contributed by atoms with Crippen molar-refractivity contribution in [2.75, 3.05) is 11.5 Å². The van der Waals surface area contributed by atoms with Gasteiger partial charge in [0.15, 0.2) is 0 Å². The molecule has 6 nitrogen and oxygen atoms in total. The molecular weight excluding hydrogens is 388 g/mol. The predicted octanol–water partition coefficient (Wildman–Crippen LogP) is 3.30. The van der Waals surface area contributed by atoms with Gasteiger partial charge in [0.1, 0.15) is 5.54 Å². The summed E-state index contributed by atoms with van der Waals surface area (Å²) >= 11 is 1.52. The number of hydrogen-bond acceptors (Lipinski definition) is 6. The number of anilines is 1. The molecule has 1 aromatic heterocycles. The van der Waals surface area contributed by atoms with Crippen LogP contribution >= 0.6 is 11.3 Å². The lowest BCUT2D eigenvalue weighted by Crippen LogP contribution is -2.56. The summed E-state index contributed by atoms with van der Waals surface area (Å²) in [5.41, 5.74) is -0.670. The van der Waals surface area contributed by atoms with Crippen LogP contribution in [0.1, 0.15) is 37.6 Å². The Morgan fingerprint density at radius 3 is 2.52 bits per heavy atom. The number of rotatable bonds is 6. The number of para-hydroxylation sites is 1. The fraction of sp³-hybridized carbons (Fsp3) is 0.409. The van der Waals surface area contributed by atoms with Gasteiger partial charge in [-0.05, 0) is 36.9 Å². The Kier molecular flexibility index (Phi) is 5.27. The number of carbonyl (C=O) groups is 3. The number of imide groups is 1. The first kappa shape index (κ1) is 19.8. The van der Waals surface area contributed by atoms with Crippen LogP contribution in [0.3, 0.4) is 0 Å². The van der Waals surface area contributed by atoms with E-state index < -0.39 is 29.4 Å². The number of benzene rings is 1. The second-order valence-electron chi connectivity index (χ2n) is 7.43. The minimum Gasteiger partial charge on any atom is -0.465 e. The summed E-state index contributed by atoms with van der Waals surface area (Å²) in [6.07, 6.45) is 1.11. The molecular formula is C22H24N2O4S. The van der Waals surface area contributed by atoms with E-state index in [1.807, 2.05) is 30.5 Å². The average Bonchev–Trinajstić information content (AvgIpc) is 3.41. The van der Waals surface area contributed by atoms with Gasteiger partial charge >= 0.3 is 5.97 Å². The first-order valence-electron chi connectivity index (χ1n) is 9.96. The number of carbonyl (C=O) groups excluding carboxylic acids is 3. The van der Waals surface area contributed by atoms with E-state index >= 15 is 0 Å². The fourth-order valence-corrected chi connectivity index (χ4v) is 5.54. The minimum atomic E-state index is -1.21.